The van der Waals surface area contributed by atoms with Crippen LogP contribution in [0.4, 0.5) is 17.6 Å². The molecular formula is C10H7ClF4. The summed E-state index contributed by atoms with van der Waals surface area (Å²) in [6.07, 6.45) is -4.53. The van der Waals surface area contributed by atoms with Gasteiger partial charge in [-0.15, -0.1) is 0 Å². The number of halogens is 5. The highest BCUT2D eigenvalue weighted by Gasteiger charge is 2.33. The lowest BCUT2D eigenvalue weighted by atomic mass is 10.0. The standard InChI is InChI=1S/C10H7ClF4/c1-5-3-7(4-8(11)9(5)12)6(2)10(13,14)15/h3-4H,2H2,1H3. The highest BCUT2D eigenvalue weighted by Crippen LogP contribution is 2.34. The summed E-state index contributed by atoms with van der Waals surface area (Å²) in [5, 5.41) is -0.338. The average molecular weight is 239 g/mol. The first kappa shape index (κ1) is 12.0. The van der Waals surface area contributed by atoms with Crippen molar-refractivity contribution in [3.05, 3.63) is 40.7 Å². The van der Waals surface area contributed by atoms with Crippen LogP contribution >= 0.6 is 11.6 Å². The van der Waals surface area contributed by atoms with Crippen molar-refractivity contribution in [1.29, 1.82) is 0 Å². The quantitative estimate of drug-likeness (QED) is 0.638. The molecule has 1 aromatic rings. The second kappa shape index (κ2) is 3.85. The SMILES string of the molecule is C=C(c1cc(C)c(F)c(Cl)c1)C(F)(F)F. The van der Waals surface area contributed by atoms with Crippen molar-refractivity contribution < 1.29 is 17.6 Å². The van der Waals surface area contributed by atoms with Gasteiger partial charge in [0.1, 0.15) is 5.82 Å². The molecule has 0 aliphatic carbocycles. The largest absolute Gasteiger partial charge is 0.416 e. The van der Waals surface area contributed by atoms with Crippen LogP contribution in [-0.2, 0) is 0 Å². The van der Waals surface area contributed by atoms with Gasteiger partial charge >= 0.3 is 6.18 Å². The minimum absolute atomic E-state index is 0.0582. The van der Waals surface area contributed by atoms with Crippen LogP contribution in [0.2, 0.25) is 5.02 Å². The summed E-state index contributed by atoms with van der Waals surface area (Å²) >= 11 is 5.43. The van der Waals surface area contributed by atoms with Crippen molar-refractivity contribution in [1.82, 2.24) is 0 Å². The molecule has 15 heavy (non-hydrogen) atoms. The molecule has 82 valence electrons. The first-order valence-corrected chi connectivity index (χ1v) is 4.33. The molecule has 0 aliphatic heterocycles. The molecule has 1 aromatic carbocycles. The van der Waals surface area contributed by atoms with Crippen LogP contribution < -0.4 is 0 Å². The number of hydrogen-bond acceptors (Lipinski definition) is 0. The van der Waals surface area contributed by atoms with Gasteiger partial charge in [-0.25, -0.2) is 4.39 Å². The summed E-state index contributed by atoms with van der Waals surface area (Å²) in [5.74, 6) is -0.713. The fourth-order valence-electron chi connectivity index (χ4n) is 1.06. The Balaban J connectivity index is 3.24. The molecule has 0 saturated carbocycles. The third-order valence-corrected chi connectivity index (χ3v) is 2.18. The first-order chi connectivity index (χ1) is 6.73. The van der Waals surface area contributed by atoms with E-state index in [0.717, 1.165) is 12.1 Å². The maximum atomic E-state index is 13.0. The highest BCUT2D eigenvalue weighted by molar-refractivity contribution is 6.31. The van der Waals surface area contributed by atoms with E-state index in [1.165, 1.54) is 6.92 Å². The van der Waals surface area contributed by atoms with E-state index in [1.54, 1.807) is 0 Å². The fourth-order valence-corrected chi connectivity index (χ4v) is 1.33. The Hall–Kier alpha value is -1.03. The van der Waals surface area contributed by atoms with E-state index in [2.05, 4.69) is 6.58 Å². The molecule has 0 atom stereocenters. The number of hydrogen-bond donors (Lipinski definition) is 0. The minimum Gasteiger partial charge on any atom is -0.205 e. The molecule has 0 amide bonds. The lowest BCUT2D eigenvalue weighted by Crippen LogP contribution is -2.09. The van der Waals surface area contributed by atoms with Crippen LogP contribution in [0, 0.1) is 12.7 Å². The molecule has 0 radical (unpaired) electrons. The van der Waals surface area contributed by atoms with Gasteiger partial charge in [0.15, 0.2) is 0 Å². The van der Waals surface area contributed by atoms with Gasteiger partial charge in [-0.2, -0.15) is 13.2 Å². The third-order valence-electron chi connectivity index (χ3n) is 1.90. The maximum Gasteiger partial charge on any atom is 0.416 e. The molecule has 0 bridgehead atoms. The summed E-state index contributed by atoms with van der Waals surface area (Å²) in [7, 11) is 0. The van der Waals surface area contributed by atoms with Gasteiger partial charge in [-0.3, -0.25) is 0 Å². The van der Waals surface area contributed by atoms with E-state index >= 15 is 0 Å². The maximum absolute atomic E-state index is 13.0. The zero-order valence-electron chi connectivity index (χ0n) is 7.75. The zero-order valence-corrected chi connectivity index (χ0v) is 8.51. The topological polar surface area (TPSA) is 0 Å². The molecule has 0 nitrogen and oxygen atoms in total. The number of alkyl halides is 3. The van der Waals surface area contributed by atoms with E-state index in [4.69, 9.17) is 11.6 Å². The van der Waals surface area contributed by atoms with Crippen molar-refractivity contribution in [2.24, 2.45) is 0 Å². The Morgan fingerprint density at radius 3 is 2.27 bits per heavy atom. The second-order valence-electron chi connectivity index (χ2n) is 3.07. The van der Waals surface area contributed by atoms with E-state index in [-0.39, 0.29) is 16.1 Å². The molecule has 0 unspecified atom stereocenters. The summed E-state index contributed by atoms with van der Waals surface area (Å²) in [6, 6.07) is 1.98. The van der Waals surface area contributed by atoms with Gasteiger partial charge in [0.05, 0.1) is 10.6 Å². The Morgan fingerprint density at radius 1 is 1.33 bits per heavy atom. The van der Waals surface area contributed by atoms with Crippen LogP contribution in [0.3, 0.4) is 0 Å². The van der Waals surface area contributed by atoms with Crippen molar-refractivity contribution in [2.45, 2.75) is 13.1 Å². The number of aryl methyl sites for hydroxylation is 1. The Bertz CT molecular complexity index is 383. The molecular weight excluding hydrogens is 232 g/mol. The van der Waals surface area contributed by atoms with E-state index < -0.39 is 17.6 Å². The lowest BCUT2D eigenvalue weighted by Gasteiger charge is -2.11. The molecule has 0 saturated heterocycles. The van der Waals surface area contributed by atoms with Gasteiger partial charge in [-0.05, 0) is 30.2 Å². The van der Waals surface area contributed by atoms with Crippen molar-refractivity contribution in [3.63, 3.8) is 0 Å². The minimum atomic E-state index is -4.53. The molecule has 1 rings (SSSR count). The molecule has 0 heterocycles. The smallest absolute Gasteiger partial charge is 0.205 e. The summed E-state index contributed by atoms with van der Waals surface area (Å²) in [6.45, 7) is 4.24. The average Bonchev–Trinajstić information content (AvgIpc) is 2.10. The van der Waals surface area contributed by atoms with Gasteiger partial charge < -0.3 is 0 Å². The van der Waals surface area contributed by atoms with E-state index in [1.807, 2.05) is 0 Å². The Kier molecular flexibility index (Phi) is 3.09. The van der Waals surface area contributed by atoms with Crippen LogP contribution in [0.1, 0.15) is 11.1 Å². The molecule has 0 fully saturated rings. The van der Waals surface area contributed by atoms with Crippen LogP contribution in [0.25, 0.3) is 5.57 Å². The number of benzene rings is 1. The van der Waals surface area contributed by atoms with Crippen LogP contribution in [0.15, 0.2) is 18.7 Å². The second-order valence-corrected chi connectivity index (χ2v) is 3.47. The Labute approximate surface area is 89.2 Å². The summed E-state index contributed by atoms with van der Waals surface area (Å²) in [5.41, 5.74) is -1.19. The number of allylic oxidation sites excluding steroid dienone is 1. The van der Waals surface area contributed by atoms with Gasteiger partial charge in [0, 0.05) is 0 Å². The molecule has 5 heteroatoms. The highest BCUT2D eigenvalue weighted by atomic mass is 35.5. The van der Waals surface area contributed by atoms with Gasteiger partial charge in [-0.1, -0.05) is 18.2 Å². The number of rotatable bonds is 1. The monoisotopic (exact) mass is 238 g/mol. The Morgan fingerprint density at radius 2 is 1.87 bits per heavy atom. The molecule has 0 spiro atoms. The van der Waals surface area contributed by atoms with Crippen molar-refractivity contribution in [3.8, 4) is 0 Å². The molecule has 0 aromatic heterocycles. The van der Waals surface area contributed by atoms with E-state index in [9.17, 15) is 17.6 Å². The van der Waals surface area contributed by atoms with Gasteiger partial charge in [0.25, 0.3) is 0 Å². The predicted molar refractivity (Wildman–Crippen MR) is 51.2 cm³/mol. The van der Waals surface area contributed by atoms with E-state index in [0.29, 0.717) is 0 Å². The fraction of sp³-hybridized carbons (Fsp3) is 0.200. The zero-order chi connectivity index (χ0) is 11.8. The predicted octanol–water partition coefficient (Wildman–Crippen LogP) is 4.36. The van der Waals surface area contributed by atoms with Gasteiger partial charge in [0.2, 0.25) is 0 Å². The van der Waals surface area contributed by atoms with Crippen LogP contribution in [-0.4, -0.2) is 6.18 Å². The summed E-state index contributed by atoms with van der Waals surface area (Å²) in [4.78, 5) is 0. The van der Waals surface area contributed by atoms with Crippen molar-refractivity contribution >= 4 is 17.2 Å². The molecule has 0 N–H and O–H groups in total. The normalized spacial score (nSPS) is 11.6. The third kappa shape index (κ3) is 2.50. The van der Waals surface area contributed by atoms with Crippen LogP contribution in [0.5, 0.6) is 0 Å². The van der Waals surface area contributed by atoms with Crippen molar-refractivity contribution in [2.75, 3.05) is 0 Å². The molecule has 0 aliphatic rings. The lowest BCUT2D eigenvalue weighted by molar-refractivity contribution is -0.0686. The summed E-state index contributed by atoms with van der Waals surface area (Å²) < 4.78 is 49.8. The first-order valence-electron chi connectivity index (χ1n) is 3.95.